The van der Waals surface area contributed by atoms with Crippen molar-refractivity contribution in [2.45, 2.75) is 11.8 Å². The molecule has 0 atom stereocenters. The molecule has 0 N–H and O–H groups in total. The number of rotatable bonds is 5. The molecule has 4 aromatic rings. The Morgan fingerprint density at radius 2 is 1.59 bits per heavy atom. The van der Waals surface area contributed by atoms with Crippen molar-refractivity contribution < 1.29 is 17.9 Å². The molecule has 0 aliphatic heterocycles. The van der Waals surface area contributed by atoms with Crippen LogP contribution in [0, 0.1) is 6.92 Å². The first-order valence-electron chi connectivity index (χ1n) is 9.04. The Morgan fingerprint density at radius 3 is 2.31 bits per heavy atom. The Morgan fingerprint density at radius 1 is 0.897 bits per heavy atom. The van der Waals surface area contributed by atoms with Gasteiger partial charge in [-0.3, -0.25) is 4.79 Å². The third kappa shape index (κ3) is 3.21. The van der Waals surface area contributed by atoms with Crippen LogP contribution in [-0.4, -0.2) is 25.3 Å². The minimum Gasteiger partial charge on any atom is -0.496 e. The van der Waals surface area contributed by atoms with Crippen molar-refractivity contribution >= 4 is 26.7 Å². The molecule has 0 bridgehead atoms. The highest BCUT2D eigenvalue weighted by atomic mass is 32.2. The van der Waals surface area contributed by atoms with Crippen molar-refractivity contribution in [1.29, 1.82) is 0 Å². The van der Waals surface area contributed by atoms with Crippen molar-refractivity contribution in [3.05, 3.63) is 95.7 Å². The van der Waals surface area contributed by atoms with Gasteiger partial charge in [0.15, 0.2) is 0 Å². The second kappa shape index (κ2) is 7.22. The number of benzene rings is 3. The number of carbonyl (C=O) groups is 1. The second-order valence-corrected chi connectivity index (χ2v) is 8.49. The summed E-state index contributed by atoms with van der Waals surface area (Å²) in [6.45, 7) is 1.92. The number of fused-ring (bicyclic) bond motifs is 1. The number of nitrogens with zero attached hydrogens (tertiary/aromatic N) is 1. The third-order valence-electron chi connectivity index (χ3n) is 4.78. The molecule has 0 saturated heterocycles. The molecule has 0 unspecified atom stereocenters. The molecule has 6 heteroatoms. The number of ketones is 1. The molecule has 0 spiro atoms. The Kier molecular flexibility index (Phi) is 4.72. The number of hydrogen-bond donors (Lipinski definition) is 0. The van der Waals surface area contributed by atoms with Crippen LogP contribution in [0.2, 0.25) is 0 Å². The van der Waals surface area contributed by atoms with E-state index < -0.39 is 15.8 Å². The van der Waals surface area contributed by atoms with Gasteiger partial charge in [0.25, 0.3) is 10.0 Å². The number of carbonyl (C=O) groups excluding carboxylic acids is 1. The topological polar surface area (TPSA) is 65.4 Å². The summed E-state index contributed by atoms with van der Waals surface area (Å²) >= 11 is 0. The van der Waals surface area contributed by atoms with Crippen LogP contribution in [0.5, 0.6) is 5.75 Å². The lowest BCUT2D eigenvalue weighted by molar-refractivity contribution is 0.103. The van der Waals surface area contributed by atoms with E-state index in [1.807, 2.05) is 19.1 Å². The van der Waals surface area contributed by atoms with Crippen LogP contribution in [-0.2, 0) is 10.0 Å². The molecule has 3 aromatic carbocycles. The lowest BCUT2D eigenvalue weighted by Crippen LogP contribution is -2.19. The van der Waals surface area contributed by atoms with Crippen molar-refractivity contribution in [3.8, 4) is 5.75 Å². The molecule has 0 fully saturated rings. The minimum absolute atomic E-state index is 0.0685. The van der Waals surface area contributed by atoms with Gasteiger partial charge in [-0.25, -0.2) is 12.4 Å². The number of para-hydroxylation sites is 1. The minimum atomic E-state index is -3.98. The maximum atomic E-state index is 13.5. The summed E-state index contributed by atoms with van der Waals surface area (Å²) in [6.07, 6.45) is 0. The number of ether oxygens (including phenoxy) is 1. The molecule has 0 aliphatic carbocycles. The highest BCUT2D eigenvalue weighted by Crippen LogP contribution is 2.30. The van der Waals surface area contributed by atoms with Crippen molar-refractivity contribution in [1.82, 2.24) is 3.97 Å². The van der Waals surface area contributed by atoms with E-state index in [1.54, 1.807) is 54.6 Å². The molecule has 4 rings (SSSR count). The summed E-state index contributed by atoms with van der Waals surface area (Å²) < 4.78 is 33.4. The standard InChI is InChI=1S/C23H19NO4S/c1-16-12-13-20-17(14-16)15-21(23(25)19-10-6-7-11-22(19)28-2)24(20)29(26,27)18-8-4-3-5-9-18/h3-15H,1-2H3. The van der Waals surface area contributed by atoms with Gasteiger partial charge in [0.05, 0.1) is 23.1 Å². The van der Waals surface area contributed by atoms with E-state index in [4.69, 9.17) is 4.74 Å². The average Bonchev–Trinajstić information content (AvgIpc) is 3.13. The SMILES string of the molecule is COc1ccccc1C(=O)c1cc2cc(C)ccc2n1S(=O)(=O)c1ccccc1. The molecule has 1 heterocycles. The first-order valence-corrected chi connectivity index (χ1v) is 10.5. The average molecular weight is 405 g/mol. The summed E-state index contributed by atoms with van der Waals surface area (Å²) in [6, 6.07) is 21.9. The lowest BCUT2D eigenvalue weighted by atomic mass is 10.1. The maximum absolute atomic E-state index is 13.5. The van der Waals surface area contributed by atoms with Crippen molar-refractivity contribution in [3.63, 3.8) is 0 Å². The summed E-state index contributed by atoms with van der Waals surface area (Å²) in [5.41, 5.74) is 1.80. The molecular weight excluding hydrogens is 386 g/mol. The van der Waals surface area contributed by atoms with Crippen LogP contribution in [0.25, 0.3) is 10.9 Å². The lowest BCUT2D eigenvalue weighted by Gasteiger charge is -2.13. The van der Waals surface area contributed by atoms with Crippen LogP contribution in [0.15, 0.2) is 83.8 Å². The van der Waals surface area contributed by atoms with Crippen LogP contribution in [0.3, 0.4) is 0 Å². The fraction of sp³-hybridized carbons (Fsp3) is 0.0870. The number of hydrogen-bond acceptors (Lipinski definition) is 4. The number of aromatic nitrogens is 1. The van der Waals surface area contributed by atoms with Gasteiger partial charge in [-0.2, -0.15) is 0 Å². The maximum Gasteiger partial charge on any atom is 0.268 e. The predicted molar refractivity (Wildman–Crippen MR) is 112 cm³/mol. The first-order chi connectivity index (χ1) is 13.9. The fourth-order valence-corrected chi connectivity index (χ4v) is 4.93. The molecular formula is C23H19NO4S. The van der Waals surface area contributed by atoms with Gasteiger partial charge < -0.3 is 4.74 Å². The number of methoxy groups -OCH3 is 1. The van der Waals surface area contributed by atoms with Gasteiger partial charge in [-0.05, 0) is 49.4 Å². The van der Waals surface area contributed by atoms with Gasteiger partial charge in [0.2, 0.25) is 5.78 Å². The molecule has 0 radical (unpaired) electrons. The molecule has 29 heavy (non-hydrogen) atoms. The molecule has 0 amide bonds. The summed E-state index contributed by atoms with van der Waals surface area (Å²) in [5, 5.41) is 0.683. The Hall–Kier alpha value is -3.38. The third-order valence-corrected chi connectivity index (χ3v) is 6.52. The van der Waals surface area contributed by atoms with E-state index in [2.05, 4.69) is 0 Å². The molecule has 1 aromatic heterocycles. The summed E-state index contributed by atoms with van der Waals surface area (Å²) in [4.78, 5) is 13.5. The van der Waals surface area contributed by atoms with Crippen LogP contribution < -0.4 is 4.74 Å². The molecule has 0 saturated carbocycles. The number of aryl methyl sites for hydroxylation is 1. The van der Waals surface area contributed by atoms with Crippen molar-refractivity contribution in [2.75, 3.05) is 7.11 Å². The Balaban J connectivity index is 2.02. The van der Waals surface area contributed by atoms with Gasteiger partial charge in [0.1, 0.15) is 11.4 Å². The Bertz CT molecular complexity index is 1320. The van der Waals surface area contributed by atoms with Crippen LogP contribution in [0.1, 0.15) is 21.6 Å². The van der Waals surface area contributed by atoms with Gasteiger partial charge >= 0.3 is 0 Å². The monoisotopic (exact) mass is 405 g/mol. The van der Waals surface area contributed by atoms with E-state index in [0.717, 1.165) is 9.54 Å². The summed E-state index contributed by atoms with van der Waals surface area (Å²) in [7, 11) is -2.51. The van der Waals surface area contributed by atoms with E-state index in [-0.39, 0.29) is 10.6 Å². The molecule has 146 valence electrons. The second-order valence-electron chi connectivity index (χ2n) is 6.70. The van der Waals surface area contributed by atoms with E-state index in [9.17, 15) is 13.2 Å². The quantitative estimate of drug-likeness (QED) is 0.461. The highest BCUT2D eigenvalue weighted by Gasteiger charge is 2.28. The van der Waals surface area contributed by atoms with Crippen LogP contribution in [0.4, 0.5) is 0 Å². The zero-order valence-corrected chi connectivity index (χ0v) is 16.8. The largest absolute Gasteiger partial charge is 0.496 e. The zero-order valence-electron chi connectivity index (χ0n) is 16.0. The fourth-order valence-electron chi connectivity index (χ4n) is 3.39. The van der Waals surface area contributed by atoms with Gasteiger partial charge in [-0.1, -0.05) is 42.0 Å². The van der Waals surface area contributed by atoms with E-state index in [0.29, 0.717) is 22.2 Å². The normalized spacial score (nSPS) is 11.5. The smallest absolute Gasteiger partial charge is 0.268 e. The zero-order chi connectivity index (χ0) is 20.6. The van der Waals surface area contributed by atoms with Gasteiger partial charge in [0, 0.05) is 5.39 Å². The van der Waals surface area contributed by atoms with Gasteiger partial charge in [-0.15, -0.1) is 0 Å². The molecule has 0 aliphatic rings. The predicted octanol–water partition coefficient (Wildman–Crippen LogP) is 4.43. The molecule has 5 nitrogen and oxygen atoms in total. The van der Waals surface area contributed by atoms with Crippen LogP contribution >= 0.6 is 0 Å². The van der Waals surface area contributed by atoms with E-state index in [1.165, 1.54) is 19.2 Å². The van der Waals surface area contributed by atoms with Crippen molar-refractivity contribution in [2.24, 2.45) is 0 Å². The highest BCUT2D eigenvalue weighted by molar-refractivity contribution is 7.90. The first kappa shape index (κ1) is 19.0. The Labute approximate surface area is 169 Å². The summed E-state index contributed by atoms with van der Waals surface area (Å²) in [5.74, 6) is -0.0293. The van der Waals surface area contributed by atoms with E-state index >= 15 is 0 Å².